The van der Waals surface area contributed by atoms with Crippen molar-refractivity contribution >= 4 is 5.82 Å². The molecule has 128 valence electrons. The lowest BCUT2D eigenvalue weighted by atomic mass is 9.90. The van der Waals surface area contributed by atoms with E-state index in [1.54, 1.807) is 0 Å². The molecule has 1 aromatic heterocycles. The molecule has 0 aromatic carbocycles. The molecule has 2 aliphatic rings. The van der Waals surface area contributed by atoms with Gasteiger partial charge in [-0.15, -0.1) is 5.10 Å². The number of aromatic nitrogens is 2. The van der Waals surface area contributed by atoms with Crippen LogP contribution >= 0.6 is 0 Å². The Morgan fingerprint density at radius 1 is 1.13 bits per heavy atom. The summed E-state index contributed by atoms with van der Waals surface area (Å²) in [7, 11) is 2.16. The number of hydrogen-bond donors (Lipinski definition) is 1. The molecule has 2 unspecified atom stereocenters. The first kappa shape index (κ1) is 16.7. The van der Waals surface area contributed by atoms with Gasteiger partial charge < -0.3 is 10.0 Å². The Kier molecular flexibility index (Phi) is 4.61. The van der Waals surface area contributed by atoms with Crippen molar-refractivity contribution in [2.24, 2.45) is 0 Å². The van der Waals surface area contributed by atoms with Gasteiger partial charge in [-0.3, -0.25) is 4.90 Å². The minimum absolute atomic E-state index is 0.0420. The Hall–Kier alpha value is -1.20. The standard InChI is InChI=1S/C18H30N4O/c1-18(2,3)16-9-10-17(20-19-16)22-11-13(12-22)21(4)14-7-5-6-8-15(14)23/h9-10,13-15,23H,5-8,11-12H2,1-4H3. The monoisotopic (exact) mass is 318 g/mol. The summed E-state index contributed by atoms with van der Waals surface area (Å²) in [6.45, 7) is 8.41. The van der Waals surface area contributed by atoms with Crippen molar-refractivity contribution < 1.29 is 5.11 Å². The second-order valence-electron chi connectivity index (χ2n) is 8.17. The lowest BCUT2D eigenvalue weighted by Gasteiger charge is -2.48. The van der Waals surface area contributed by atoms with Crippen LogP contribution < -0.4 is 4.90 Å². The van der Waals surface area contributed by atoms with E-state index >= 15 is 0 Å². The molecule has 1 aliphatic heterocycles. The maximum absolute atomic E-state index is 10.2. The third-order valence-corrected chi connectivity index (χ3v) is 5.40. The Bertz CT molecular complexity index is 519. The van der Waals surface area contributed by atoms with Gasteiger partial charge in [-0.25, -0.2) is 0 Å². The molecule has 23 heavy (non-hydrogen) atoms. The minimum atomic E-state index is -0.159. The van der Waals surface area contributed by atoms with E-state index in [2.05, 4.69) is 59.9 Å². The first-order valence-electron chi connectivity index (χ1n) is 8.85. The number of nitrogens with zero attached hydrogens (tertiary/aromatic N) is 4. The van der Waals surface area contributed by atoms with Crippen LogP contribution in [0.3, 0.4) is 0 Å². The topological polar surface area (TPSA) is 52.5 Å². The predicted octanol–water partition coefficient (Wildman–Crippen LogP) is 2.20. The number of hydrogen-bond acceptors (Lipinski definition) is 5. The second kappa shape index (κ2) is 6.36. The molecular formula is C18H30N4O. The molecule has 2 fully saturated rings. The predicted molar refractivity (Wildman–Crippen MR) is 92.8 cm³/mol. The van der Waals surface area contributed by atoms with Crippen molar-refractivity contribution in [1.29, 1.82) is 0 Å². The third kappa shape index (κ3) is 3.50. The fourth-order valence-electron chi connectivity index (χ4n) is 3.63. The van der Waals surface area contributed by atoms with Gasteiger partial charge in [0.2, 0.25) is 0 Å². The highest BCUT2D eigenvalue weighted by molar-refractivity contribution is 5.42. The van der Waals surface area contributed by atoms with Gasteiger partial charge in [-0.1, -0.05) is 33.6 Å². The van der Waals surface area contributed by atoms with Crippen molar-refractivity contribution in [1.82, 2.24) is 15.1 Å². The molecule has 2 atom stereocenters. The van der Waals surface area contributed by atoms with Gasteiger partial charge in [0.05, 0.1) is 11.8 Å². The molecule has 1 aliphatic carbocycles. The second-order valence-corrected chi connectivity index (χ2v) is 8.17. The SMILES string of the molecule is CN(C1CN(c2ccc(C(C)(C)C)nn2)C1)C1CCCCC1O. The molecule has 1 saturated carbocycles. The van der Waals surface area contributed by atoms with E-state index < -0.39 is 0 Å². The summed E-state index contributed by atoms with van der Waals surface area (Å²) < 4.78 is 0. The highest BCUT2D eigenvalue weighted by Crippen LogP contribution is 2.28. The smallest absolute Gasteiger partial charge is 0.151 e. The van der Waals surface area contributed by atoms with E-state index in [0.29, 0.717) is 12.1 Å². The zero-order valence-electron chi connectivity index (χ0n) is 14.9. The van der Waals surface area contributed by atoms with Gasteiger partial charge >= 0.3 is 0 Å². The zero-order chi connectivity index (χ0) is 16.6. The van der Waals surface area contributed by atoms with Gasteiger partial charge in [0, 0.05) is 30.6 Å². The van der Waals surface area contributed by atoms with E-state index in [0.717, 1.165) is 43.9 Å². The normalized spacial score (nSPS) is 26.4. The van der Waals surface area contributed by atoms with Gasteiger partial charge in [0.15, 0.2) is 5.82 Å². The fourth-order valence-corrected chi connectivity index (χ4v) is 3.63. The Morgan fingerprint density at radius 2 is 1.83 bits per heavy atom. The first-order valence-corrected chi connectivity index (χ1v) is 8.85. The first-order chi connectivity index (χ1) is 10.9. The summed E-state index contributed by atoms with van der Waals surface area (Å²) in [5.74, 6) is 0.965. The van der Waals surface area contributed by atoms with Crippen molar-refractivity contribution in [3.8, 4) is 0 Å². The largest absolute Gasteiger partial charge is 0.391 e. The summed E-state index contributed by atoms with van der Waals surface area (Å²) in [6, 6.07) is 5.01. The molecule has 3 rings (SSSR count). The minimum Gasteiger partial charge on any atom is -0.391 e. The maximum Gasteiger partial charge on any atom is 0.151 e. The molecular weight excluding hydrogens is 288 g/mol. The molecule has 1 saturated heterocycles. The molecule has 0 bridgehead atoms. The maximum atomic E-state index is 10.2. The number of anilines is 1. The van der Waals surface area contributed by atoms with Crippen LogP contribution in [0.25, 0.3) is 0 Å². The summed E-state index contributed by atoms with van der Waals surface area (Å²) in [5.41, 5.74) is 1.07. The molecule has 0 spiro atoms. The molecule has 5 heteroatoms. The van der Waals surface area contributed by atoms with Crippen molar-refractivity contribution in [2.75, 3.05) is 25.0 Å². The number of aliphatic hydroxyl groups is 1. The van der Waals surface area contributed by atoms with Crippen LogP contribution in [0.5, 0.6) is 0 Å². The summed E-state index contributed by atoms with van der Waals surface area (Å²) in [6.07, 6.45) is 4.31. The van der Waals surface area contributed by atoms with Crippen LogP contribution in [-0.4, -0.2) is 58.5 Å². The quantitative estimate of drug-likeness (QED) is 0.926. The van der Waals surface area contributed by atoms with Crippen LogP contribution in [0.2, 0.25) is 0 Å². The number of likely N-dealkylation sites (N-methyl/N-ethyl adjacent to an activating group) is 1. The van der Waals surface area contributed by atoms with Gasteiger partial charge in [0.25, 0.3) is 0 Å². The Labute approximate surface area is 139 Å². The van der Waals surface area contributed by atoms with E-state index in [1.807, 2.05) is 0 Å². The lowest BCUT2D eigenvalue weighted by Crippen LogP contribution is -2.62. The Balaban J connectivity index is 1.56. The van der Waals surface area contributed by atoms with Crippen LogP contribution in [0, 0.1) is 0 Å². The van der Waals surface area contributed by atoms with Gasteiger partial charge in [-0.05, 0) is 32.0 Å². The highest BCUT2D eigenvalue weighted by atomic mass is 16.3. The van der Waals surface area contributed by atoms with Gasteiger partial charge in [-0.2, -0.15) is 5.10 Å². The summed E-state index contributed by atoms with van der Waals surface area (Å²) >= 11 is 0. The zero-order valence-corrected chi connectivity index (χ0v) is 14.9. The van der Waals surface area contributed by atoms with Crippen LogP contribution in [0.1, 0.15) is 52.1 Å². The van der Waals surface area contributed by atoms with Crippen molar-refractivity contribution in [3.63, 3.8) is 0 Å². The summed E-state index contributed by atoms with van der Waals surface area (Å²) in [5, 5.41) is 19.0. The molecule has 0 radical (unpaired) electrons. The van der Waals surface area contributed by atoms with E-state index in [1.165, 1.54) is 6.42 Å². The van der Waals surface area contributed by atoms with E-state index in [-0.39, 0.29) is 11.5 Å². The molecule has 0 amide bonds. The van der Waals surface area contributed by atoms with Crippen LogP contribution in [-0.2, 0) is 5.41 Å². The molecule has 5 nitrogen and oxygen atoms in total. The Morgan fingerprint density at radius 3 is 2.39 bits per heavy atom. The van der Waals surface area contributed by atoms with Crippen molar-refractivity contribution in [3.05, 3.63) is 17.8 Å². The van der Waals surface area contributed by atoms with Gasteiger partial charge in [0.1, 0.15) is 0 Å². The number of rotatable bonds is 3. The van der Waals surface area contributed by atoms with E-state index in [9.17, 15) is 5.11 Å². The lowest BCUT2D eigenvalue weighted by molar-refractivity contribution is 0.00675. The van der Waals surface area contributed by atoms with Crippen LogP contribution in [0.15, 0.2) is 12.1 Å². The van der Waals surface area contributed by atoms with E-state index in [4.69, 9.17) is 0 Å². The summed E-state index contributed by atoms with van der Waals surface area (Å²) in [4.78, 5) is 4.66. The highest BCUT2D eigenvalue weighted by Gasteiger charge is 2.37. The average molecular weight is 318 g/mol. The average Bonchev–Trinajstić information content (AvgIpc) is 2.45. The van der Waals surface area contributed by atoms with Crippen molar-refractivity contribution in [2.45, 2.75) is 70.1 Å². The molecule has 1 aromatic rings. The fraction of sp³-hybridized carbons (Fsp3) is 0.778. The van der Waals surface area contributed by atoms with Crippen LogP contribution in [0.4, 0.5) is 5.82 Å². The molecule has 2 heterocycles. The third-order valence-electron chi connectivity index (χ3n) is 5.40. The molecule has 1 N–H and O–H groups in total. The number of aliphatic hydroxyl groups excluding tert-OH is 1.